The molecule has 152 valence electrons. The van der Waals surface area contributed by atoms with Crippen molar-refractivity contribution in [2.45, 2.75) is 13.5 Å². The predicted molar refractivity (Wildman–Crippen MR) is 116 cm³/mol. The molecule has 6 nitrogen and oxygen atoms in total. The highest BCUT2D eigenvalue weighted by molar-refractivity contribution is 14.0. The van der Waals surface area contributed by atoms with Gasteiger partial charge in [0, 0.05) is 51.7 Å². The van der Waals surface area contributed by atoms with Crippen LogP contribution in [0, 0.1) is 11.2 Å². The van der Waals surface area contributed by atoms with Crippen LogP contribution in [0.15, 0.2) is 23.2 Å². The number of benzene rings is 1. The van der Waals surface area contributed by atoms with Crippen LogP contribution in [0.2, 0.25) is 0 Å². The molecule has 0 amide bonds. The summed E-state index contributed by atoms with van der Waals surface area (Å²) >= 11 is 0. The minimum atomic E-state index is -0.304. The Balaban J connectivity index is 0.00000261. The van der Waals surface area contributed by atoms with E-state index < -0.39 is 0 Å². The van der Waals surface area contributed by atoms with Gasteiger partial charge < -0.3 is 19.7 Å². The summed E-state index contributed by atoms with van der Waals surface area (Å²) in [5, 5.41) is 3.48. The molecule has 3 rings (SSSR count). The van der Waals surface area contributed by atoms with Gasteiger partial charge in [0.25, 0.3) is 0 Å². The van der Waals surface area contributed by atoms with E-state index in [1.807, 2.05) is 13.1 Å². The molecule has 8 heteroatoms. The number of methoxy groups -OCH3 is 1. The van der Waals surface area contributed by atoms with Crippen molar-refractivity contribution in [1.82, 2.24) is 15.1 Å². The molecule has 2 heterocycles. The van der Waals surface area contributed by atoms with Crippen molar-refractivity contribution < 1.29 is 13.9 Å². The van der Waals surface area contributed by atoms with Crippen molar-refractivity contribution in [2.75, 3.05) is 60.1 Å². The summed E-state index contributed by atoms with van der Waals surface area (Å²) < 4.78 is 24.1. The van der Waals surface area contributed by atoms with Gasteiger partial charge in [0.2, 0.25) is 0 Å². The Hall–Kier alpha value is -1.13. The monoisotopic (exact) mass is 492 g/mol. The highest BCUT2D eigenvalue weighted by Gasteiger charge is 2.33. The second-order valence-corrected chi connectivity index (χ2v) is 7.44. The molecule has 0 aliphatic carbocycles. The highest BCUT2D eigenvalue weighted by atomic mass is 127. The molecule has 0 radical (unpaired) electrons. The number of piperazine rings is 1. The fourth-order valence-corrected chi connectivity index (χ4v) is 3.36. The Bertz CT molecular complexity index is 647. The van der Waals surface area contributed by atoms with Gasteiger partial charge in [0.1, 0.15) is 0 Å². The molecular weight excluding hydrogens is 462 g/mol. The van der Waals surface area contributed by atoms with Crippen LogP contribution in [-0.2, 0) is 11.3 Å². The average Bonchev–Trinajstić information content (AvgIpc) is 2.62. The lowest BCUT2D eigenvalue weighted by Crippen LogP contribution is -2.55. The average molecular weight is 492 g/mol. The summed E-state index contributed by atoms with van der Waals surface area (Å²) in [6, 6.07) is 5.18. The number of rotatable bonds is 5. The minimum absolute atomic E-state index is 0. The van der Waals surface area contributed by atoms with Gasteiger partial charge in [-0.1, -0.05) is 13.0 Å². The van der Waals surface area contributed by atoms with Gasteiger partial charge in [-0.05, 0) is 17.7 Å². The minimum Gasteiger partial charge on any atom is -0.494 e. The third kappa shape index (κ3) is 5.68. The maximum Gasteiger partial charge on any atom is 0.193 e. The van der Waals surface area contributed by atoms with Gasteiger partial charge in [0.15, 0.2) is 17.5 Å². The summed E-state index contributed by atoms with van der Waals surface area (Å²) in [5.74, 6) is 0.939. The molecule has 2 fully saturated rings. The Morgan fingerprint density at radius 1 is 1.30 bits per heavy atom. The zero-order valence-electron chi connectivity index (χ0n) is 16.3. The standard InChI is InChI=1S/C19H29FN4O2.HI/c1-19(13-26-14-19)12-22-18(21-2)24-8-6-23(7-9-24)11-15-4-5-17(25-3)16(20)10-15;/h4-5,10H,6-9,11-14H2,1-3H3,(H,21,22);1H. The van der Waals surface area contributed by atoms with Gasteiger partial charge in [-0.2, -0.15) is 0 Å². The molecule has 1 aromatic rings. The molecule has 2 aliphatic heterocycles. The lowest BCUT2D eigenvalue weighted by molar-refractivity contribution is -0.0973. The van der Waals surface area contributed by atoms with Crippen LogP contribution in [0.3, 0.4) is 0 Å². The van der Waals surface area contributed by atoms with Gasteiger partial charge in [-0.3, -0.25) is 9.89 Å². The van der Waals surface area contributed by atoms with Crippen LogP contribution in [0.4, 0.5) is 4.39 Å². The molecule has 2 aliphatic rings. The van der Waals surface area contributed by atoms with Crippen molar-refractivity contribution >= 4 is 29.9 Å². The summed E-state index contributed by atoms with van der Waals surface area (Å²) in [6.07, 6.45) is 0. The lowest BCUT2D eigenvalue weighted by Gasteiger charge is -2.41. The molecule has 1 aromatic carbocycles. The van der Waals surface area contributed by atoms with E-state index in [1.54, 1.807) is 12.1 Å². The third-order valence-corrected chi connectivity index (χ3v) is 5.08. The first-order chi connectivity index (χ1) is 12.5. The van der Waals surface area contributed by atoms with Gasteiger partial charge in [-0.25, -0.2) is 4.39 Å². The fraction of sp³-hybridized carbons (Fsp3) is 0.632. The second kappa shape index (κ2) is 9.88. The Kier molecular flexibility index (Phi) is 8.11. The molecule has 0 unspecified atom stereocenters. The first-order valence-electron chi connectivity index (χ1n) is 9.11. The molecule has 0 saturated carbocycles. The topological polar surface area (TPSA) is 49.3 Å². The van der Waals surface area contributed by atoms with Gasteiger partial charge in [0.05, 0.1) is 20.3 Å². The van der Waals surface area contributed by atoms with Crippen LogP contribution >= 0.6 is 24.0 Å². The van der Waals surface area contributed by atoms with Crippen molar-refractivity contribution in [3.8, 4) is 5.75 Å². The lowest BCUT2D eigenvalue weighted by atomic mass is 9.89. The van der Waals surface area contributed by atoms with Crippen LogP contribution in [0.5, 0.6) is 5.75 Å². The number of hydrogen-bond donors (Lipinski definition) is 1. The Morgan fingerprint density at radius 2 is 2.00 bits per heavy atom. The summed E-state index contributed by atoms with van der Waals surface area (Å²) in [5.41, 5.74) is 1.19. The zero-order valence-corrected chi connectivity index (χ0v) is 18.7. The second-order valence-electron chi connectivity index (χ2n) is 7.44. The van der Waals surface area contributed by atoms with Crippen molar-refractivity contribution in [3.63, 3.8) is 0 Å². The van der Waals surface area contributed by atoms with Crippen LogP contribution < -0.4 is 10.1 Å². The van der Waals surface area contributed by atoms with E-state index in [4.69, 9.17) is 9.47 Å². The van der Waals surface area contributed by atoms with Crippen LogP contribution in [0.25, 0.3) is 0 Å². The molecule has 0 spiro atoms. The Labute approximate surface area is 178 Å². The first kappa shape index (κ1) is 22.2. The molecule has 2 saturated heterocycles. The SMILES string of the molecule is CN=C(NCC1(C)COC1)N1CCN(Cc2ccc(OC)c(F)c2)CC1.I. The number of nitrogens with zero attached hydrogens (tertiary/aromatic N) is 3. The molecule has 0 bridgehead atoms. The summed E-state index contributed by atoms with van der Waals surface area (Å²) in [4.78, 5) is 9.05. The molecular formula is C19H30FIN4O2. The number of aliphatic imine (C=N–C) groups is 1. The van der Waals surface area contributed by atoms with Crippen LogP contribution in [0.1, 0.15) is 12.5 Å². The van der Waals surface area contributed by atoms with Gasteiger partial charge >= 0.3 is 0 Å². The molecule has 0 atom stereocenters. The molecule has 27 heavy (non-hydrogen) atoms. The molecule has 1 N–H and O–H groups in total. The molecule has 0 aromatic heterocycles. The largest absolute Gasteiger partial charge is 0.494 e. The van der Waals surface area contributed by atoms with Crippen LogP contribution in [-0.4, -0.2) is 75.9 Å². The maximum absolute atomic E-state index is 13.8. The van der Waals surface area contributed by atoms with E-state index >= 15 is 0 Å². The first-order valence-corrected chi connectivity index (χ1v) is 9.11. The van der Waals surface area contributed by atoms with Gasteiger partial charge in [-0.15, -0.1) is 24.0 Å². The number of halogens is 2. The summed E-state index contributed by atoms with van der Waals surface area (Å²) in [7, 11) is 3.31. The Morgan fingerprint density at radius 3 is 2.52 bits per heavy atom. The highest BCUT2D eigenvalue weighted by Crippen LogP contribution is 2.25. The van der Waals surface area contributed by atoms with E-state index in [0.717, 1.165) is 64.0 Å². The van der Waals surface area contributed by atoms with E-state index in [-0.39, 0.29) is 35.2 Å². The van der Waals surface area contributed by atoms with E-state index in [9.17, 15) is 4.39 Å². The maximum atomic E-state index is 13.8. The number of guanidine groups is 1. The normalized spacial score (nSPS) is 19.9. The van der Waals surface area contributed by atoms with Crippen molar-refractivity contribution in [2.24, 2.45) is 10.4 Å². The van der Waals surface area contributed by atoms with E-state index in [1.165, 1.54) is 7.11 Å². The number of hydrogen-bond acceptors (Lipinski definition) is 4. The number of nitrogens with one attached hydrogen (secondary N) is 1. The predicted octanol–water partition coefficient (Wildman–Crippen LogP) is 2.18. The fourth-order valence-electron chi connectivity index (χ4n) is 3.36. The van der Waals surface area contributed by atoms with E-state index in [0.29, 0.717) is 5.75 Å². The van der Waals surface area contributed by atoms with E-state index in [2.05, 4.69) is 27.0 Å². The smallest absolute Gasteiger partial charge is 0.193 e. The van der Waals surface area contributed by atoms with Crippen molar-refractivity contribution in [1.29, 1.82) is 0 Å². The van der Waals surface area contributed by atoms with Crippen molar-refractivity contribution in [3.05, 3.63) is 29.6 Å². The third-order valence-electron chi connectivity index (χ3n) is 5.08. The number of ether oxygens (including phenoxy) is 2. The zero-order chi connectivity index (χ0) is 18.6. The summed E-state index contributed by atoms with van der Waals surface area (Å²) in [6.45, 7) is 9.14. The quantitative estimate of drug-likeness (QED) is 0.388.